The van der Waals surface area contributed by atoms with Gasteiger partial charge in [-0.05, 0) is 83.5 Å². The molecule has 0 saturated carbocycles. The molecular weight excluding hydrogens is 935 g/mol. The van der Waals surface area contributed by atoms with Crippen molar-refractivity contribution in [1.82, 2.24) is 0 Å². The van der Waals surface area contributed by atoms with Crippen LogP contribution in [0.15, 0.2) is 85.1 Å². The first-order valence-electron chi connectivity index (χ1n) is 30.8. The fraction of sp³-hybridized carbons (Fsp3) is 0.742. The number of hydrogen-bond acceptors (Lipinski definition) is 7. The Kier molecular flexibility index (Phi) is 54.0. The summed E-state index contributed by atoms with van der Waals surface area (Å²) in [5.41, 5.74) is 0. The number of likely N-dealkylation sites (N-methyl/N-ethyl adjacent to an activating group) is 1. The zero-order valence-electron chi connectivity index (χ0n) is 49.2. The normalized spacial score (nSPS) is 13.3. The Labute approximate surface area is 461 Å². The molecule has 0 saturated heterocycles. The van der Waals surface area contributed by atoms with Crippen LogP contribution in [0.5, 0.6) is 0 Å². The number of carboxylic acids is 1. The first kappa shape index (κ1) is 71.5. The van der Waals surface area contributed by atoms with Gasteiger partial charge in [-0.15, -0.1) is 0 Å². The van der Waals surface area contributed by atoms with Gasteiger partial charge in [0.25, 0.3) is 6.29 Å². The molecule has 0 aliphatic carbocycles. The molecule has 0 fully saturated rings. The molecule has 432 valence electrons. The highest BCUT2D eigenvalue weighted by Crippen LogP contribution is 2.17. The number of hydrogen-bond donors (Lipinski definition) is 1. The highest BCUT2D eigenvalue weighted by Gasteiger charge is 2.25. The van der Waals surface area contributed by atoms with Crippen molar-refractivity contribution in [3.05, 3.63) is 85.1 Å². The lowest BCUT2D eigenvalue weighted by molar-refractivity contribution is -0.870. The van der Waals surface area contributed by atoms with Gasteiger partial charge in [-0.25, -0.2) is 4.79 Å². The monoisotopic (exact) mass is 1050 g/mol. The SMILES string of the molecule is CC/C=C\C/C=C\C/C=C\C/C=C\C/C=C\CCCCCCCCCCCCCCCCCCCCCCCC(=O)OC(COC(=O)CCCCCCC/C=C\C/C=C\CCC)COC(OCC[N+](C)(C)C)C(=O)O. The summed E-state index contributed by atoms with van der Waals surface area (Å²) in [6, 6.07) is 0. The van der Waals surface area contributed by atoms with Crippen LogP contribution in [0.4, 0.5) is 0 Å². The largest absolute Gasteiger partial charge is 0.477 e. The highest BCUT2D eigenvalue weighted by molar-refractivity contribution is 5.71. The number of carbonyl (C=O) groups excluding carboxylic acids is 2. The van der Waals surface area contributed by atoms with Crippen LogP contribution in [0, 0.1) is 0 Å². The summed E-state index contributed by atoms with van der Waals surface area (Å²) in [4.78, 5) is 37.4. The molecule has 9 heteroatoms. The lowest BCUT2D eigenvalue weighted by atomic mass is 10.0. The molecule has 0 aromatic rings. The van der Waals surface area contributed by atoms with Crippen molar-refractivity contribution >= 4 is 17.9 Å². The van der Waals surface area contributed by atoms with Crippen molar-refractivity contribution in [3.63, 3.8) is 0 Å². The molecule has 0 rings (SSSR count). The molecule has 0 aliphatic rings. The highest BCUT2D eigenvalue weighted by atomic mass is 16.7. The zero-order valence-corrected chi connectivity index (χ0v) is 49.2. The van der Waals surface area contributed by atoms with E-state index in [1.807, 2.05) is 21.1 Å². The van der Waals surface area contributed by atoms with E-state index in [0.717, 1.165) is 103 Å². The number of carboxylic acid groups (broad SMARTS) is 1. The average molecular weight is 1050 g/mol. The van der Waals surface area contributed by atoms with Gasteiger partial charge in [0.1, 0.15) is 13.2 Å². The fourth-order valence-corrected chi connectivity index (χ4v) is 8.43. The van der Waals surface area contributed by atoms with E-state index in [0.29, 0.717) is 11.0 Å². The molecule has 2 unspecified atom stereocenters. The molecule has 2 atom stereocenters. The number of aliphatic carboxylic acids is 1. The Hall–Kier alpha value is -3.53. The maximum atomic E-state index is 12.9. The van der Waals surface area contributed by atoms with Gasteiger partial charge in [-0.1, -0.05) is 247 Å². The number of nitrogens with zero attached hydrogens (tertiary/aromatic N) is 1. The Morgan fingerprint density at radius 1 is 0.413 bits per heavy atom. The lowest BCUT2D eigenvalue weighted by Crippen LogP contribution is -2.40. The Balaban J connectivity index is 4.01. The number of allylic oxidation sites excluding steroid dienone is 14. The standard InChI is InChI=1S/C66H115NO8/c1-6-8-10-12-14-16-18-20-21-22-23-24-25-26-27-28-29-30-31-32-33-34-35-36-37-38-39-40-41-42-43-45-47-49-51-53-55-57-64(69)75-62(61-74-66(65(70)71)72-59-58-67(3,4)5)60-73-63(68)56-54-52-50-48-46-44-19-17-15-13-11-9-7-2/h8,10-11,13-14,16-17,19-21,23-24,26-27,62,66H,6-7,9,12,15,18,22,25,28-61H2,1-5H3/p+1/b10-8-,13-11-,16-14-,19-17-,21-20-,24-23-,27-26-. The lowest BCUT2D eigenvalue weighted by Gasteiger charge is -2.25. The molecule has 0 heterocycles. The molecule has 0 radical (unpaired) electrons. The van der Waals surface area contributed by atoms with Gasteiger partial charge in [0.2, 0.25) is 0 Å². The molecule has 0 aromatic carbocycles. The van der Waals surface area contributed by atoms with E-state index in [4.69, 9.17) is 18.9 Å². The topological polar surface area (TPSA) is 108 Å². The second kappa shape index (κ2) is 56.7. The number of esters is 2. The van der Waals surface area contributed by atoms with Crippen molar-refractivity contribution in [2.24, 2.45) is 0 Å². The molecule has 0 aliphatic heterocycles. The minimum absolute atomic E-state index is 0.184. The third-order valence-corrected chi connectivity index (χ3v) is 13.1. The van der Waals surface area contributed by atoms with Gasteiger partial charge in [-0.2, -0.15) is 0 Å². The van der Waals surface area contributed by atoms with Gasteiger partial charge < -0.3 is 28.5 Å². The summed E-state index contributed by atoms with van der Waals surface area (Å²) in [5, 5.41) is 9.69. The molecule has 0 spiro atoms. The number of unbranched alkanes of at least 4 members (excludes halogenated alkanes) is 27. The van der Waals surface area contributed by atoms with Crippen LogP contribution in [-0.2, 0) is 33.3 Å². The summed E-state index contributed by atoms with van der Waals surface area (Å²) in [6.07, 6.45) is 72.6. The number of quaternary nitrogens is 1. The molecule has 1 N–H and O–H groups in total. The van der Waals surface area contributed by atoms with E-state index in [-0.39, 0.29) is 38.6 Å². The van der Waals surface area contributed by atoms with E-state index in [9.17, 15) is 19.5 Å². The number of rotatable bonds is 56. The summed E-state index contributed by atoms with van der Waals surface area (Å²) < 4.78 is 22.8. The van der Waals surface area contributed by atoms with Crippen molar-refractivity contribution in [1.29, 1.82) is 0 Å². The van der Waals surface area contributed by atoms with E-state index in [1.54, 1.807) is 0 Å². The van der Waals surface area contributed by atoms with Gasteiger partial charge in [-0.3, -0.25) is 9.59 Å². The number of ether oxygens (including phenoxy) is 4. The molecule has 9 nitrogen and oxygen atoms in total. The molecule has 75 heavy (non-hydrogen) atoms. The predicted octanol–water partition coefficient (Wildman–Crippen LogP) is 18.3. The smallest absolute Gasteiger partial charge is 0.361 e. The molecular formula is C66H116NO8+. The zero-order chi connectivity index (χ0) is 54.8. The summed E-state index contributed by atoms with van der Waals surface area (Å²) >= 11 is 0. The first-order chi connectivity index (χ1) is 36.6. The minimum atomic E-state index is -1.51. The second-order valence-electron chi connectivity index (χ2n) is 21.6. The first-order valence-corrected chi connectivity index (χ1v) is 30.8. The van der Waals surface area contributed by atoms with Gasteiger partial charge >= 0.3 is 17.9 Å². The second-order valence-corrected chi connectivity index (χ2v) is 21.6. The average Bonchev–Trinajstić information content (AvgIpc) is 3.38. The minimum Gasteiger partial charge on any atom is -0.477 e. The van der Waals surface area contributed by atoms with Crippen molar-refractivity contribution in [2.45, 2.75) is 270 Å². The van der Waals surface area contributed by atoms with E-state index < -0.39 is 24.3 Å². The quantitative estimate of drug-likeness (QED) is 0.0211. The Bertz CT molecular complexity index is 1500. The van der Waals surface area contributed by atoms with E-state index in [2.05, 4.69) is 98.9 Å². The van der Waals surface area contributed by atoms with Crippen LogP contribution < -0.4 is 0 Å². The maximum absolute atomic E-state index is 12.9. The van der Waals surface area contributed by atoms with E-state index in [1.165, 1.54) is 128 Å². The van der Waals surface area contributed by atoms with Crippen LogP contribution in [0.3, 0.4) is 0 Å². The van der Waals surface area contributed by atoms with Crippen LogP contribution in [0.25, 0.3) is 0 Å². The van der Waals surface area contributed by atoms with Gasteiger partial charge in [0, 0.05) is 12.8 Å². The summed E-state index contributed by atoms with van der Waals surface area (Å²) in [7, 11) is 5.96. The summed E-state index contributed by atoms with van der Waals surface area (Å²) in [6.45, 7) is 4.69. The molecule has 0 amide bonds. The van der Waals surface area contributed by atoms with Crippen molar-refractivity contribution < 1.29 is 42.9 Å². The van der Waals surface area contributed by atoms with Crippen molar-refractivity contribution in [2.75, 3.05) is 47.5 Å². The van der Waals surface area contributed by atoms with Crippen molar-refractivity contribution in [3.8, 4) is 0 Å². The third-order valence-electron chi connectivity index (χ3n) is 13.1. The van der Waals surface area contributed by atoms with Crippen LogP contribution in [0.1, 0.15) is 258 Å². The Morgan fingerprint density at radius 2 is 0.760 bits per heavy atom. The van der Waals surface area contributed by atoms with Gasteiger partial charge in [0.15, 0.2) is 6.10 Å². The van der Waals surface area contributed by atoms with E-state index >= 15 is 0 Å². The van der Waals surface area contributed by atoms with Crippen LogP contribution >= 0.6 is 0 Å². The number of carbonyl (C=O) groups is 3. The van der Waals surface area contributed by atoms with Crippen LogP contribution in [0.2, 0.25) is 0 Å². The maximum Gasteiger partial charge on any atom is 0.361 e. The Morgan fingerprint density at radius 3 is 1.13 bits per heavy atom. The molecule has 0 bridgehead atoms. The van der Waals surface area contributed by atoms with Gasteiger partial charge in [0.05, 0.1) is 34.4 Å². The summed E-state index contributed by atoms with van der Waals surface area (Å²) in [5.74, 6) is -2.02. The fourth-order valence-electron chi connectivity index (χ4n) is 8.43. The predicted molar refractivity (Wildman–Crippen MR) is 318 cm³/mol. The van der Waals surface area contributed by atoms with Crippen LogP contribution in [-0.4, -0.2) is 87.4 Å². The third kappa shape index (κ3) is 58.0. The molecule has 0 aromatic heterocycles.